The van der Waals surface area contributed by atoms with Gasteiger partial charge in [0, 0.05) is 25.8 Å². The van der Waals surface area contributed by atoms with E-state index >= 15 is 0 Å². The Morgan fingerprint density at radius 3 is 3.00 bits per heavy atom. The molecule has 2 atom stereocenters. The zero-order valence-corrected chi connectivity index (χ0v) is 10.9. The van der Waals surface area contributed by atoms with E-state index in [1.165, 1.54) is 31.4 Å². The first-order valence-corrected chi connectivity index (χ1v) is 6.59. The summed E-state index contributed by atoms with van der Waals surface area (Å²) in [7, 11) is 2.18. The van der Waals surface area contributed by atoms with Gasteiger partial charge in [-0.1, -0.05) is 19.8 Å². The average Bonchev–Trinajstić information content (AvgIpc) is 2.38. The molecular formula is C14H23N3. The van der Waals surface area contributed by atoms with Crippen molar-refractivity contribution < 1.29 is 0 Å². The first kappa shape index (κ1) is 12.4. The van der Waals surface area contributed by atoms with Crippen molar-refractivity contribution in [3.8, 4) is 0 Å². The van der Waals surface area contributed by atoms with E-state index < -0.39 is 0 Å². The fourth-order valence-electron chi connectivity index (χ4n) is 2.86. The highest BCUT2D eigenvalue weighted by atomic mass is 15.1. The Morgan fingerprint density at radius 2 is 2.29 bits per heavy atom. The van der Waals surface area contributed by atoms with Crippen LogP contribution in [0, 0.1) is 5.92 Å². The average molecular weight is 233 g/mol. The van der Waals surface area contributed by atoms with Gasteiger partial charge < -0.3 is 10.6 Å². The number of nitrogens with zero attached hydrogens (tertiary/aromatic N) is 2. The fourth-order valence-corrected chi connectivity index (χ4v) is 2.86. The smallest absolute Gasteiger partial charge is 0.0772 e. The highest BCUT2D eigenvalue weighted by Crippen LogP contribution is 2.30. The van der Waals surface area contributed by atoms with Gasteiger partial charge in [-0.15, -0.1) is 0 Å². The van der Waals surface area contributed by atoms with Gasteiger partial charge in [-0.2, -0.15) is 0 Å². The maximum atomic E-state index is 5.76. The Hall–Kier alpha value is -1.09. The molecule has 1 aromatic heterocycles. The summed E-state index contributed by atoms with van der Waals surface area (Å²) >= 11 is 0. The third-order valence-corrected chi connectivity index (χ3v) is 3.90. The minimum atomic E-state index is 0.517. The first-order chi connectivity index (χ1) is 8.22. The molecule has 94 valence electrons. The second-order valence-corrected chi connectivity index (χ2v) is 5.21. The molecule has 0 aromatic carbocycles. The lowest BCUT2D eigenvalue weighted by molar-refractivity contribution is 0.336. The van der Waals surface area contributed by atoms with Crippen molar-refractivity contribution >= 4 is 5.69 Å². The van der Waals surface area contributed by atoms with E-state index in [-0.39, 0.29) is 0 Å². The van der Waals surface area contributed by atoms with Crippen LogP contribution in [0.15, 0.2) is 18.3 Å². The minimum Gasteiger partial charge on any atom is -0.370 e. The normalized spacial score (nSPS) is 24.6. The van der Waals surface area contributed by atoms with Crippen molar-refractivity contribution in [1.82, 2.24) is 4.98 Å². The topological polar surface area (TPSA) is 42.2 Å². The lowest BCUT2D eigenvalue weighted by Crippen LogP contribution is -2.36. The lowest BCUT2D eigenvalue weighted by Gasteiger charge is -2.36. The number of aromatic nitrogens is 1. The number of anilines is 1. The van der Waals surface area contributed by atoms with Crippen LogP contribution in [0.25, 0.3) is 0 Å². The number of hydrogen-bond acceptors (Lipinski definition) is 3. The van der Waals surface area contributed by atoms with Gasteiger partial charge in [-0.05, 0) is 30.9 Å². The molecule has 1 saturated carbocycles. The standard InChI is InChI=1S/C14H23N3/c1-11-5-3-6-12(9-11)17(2)14-7-4-8-16-13(14)10-15/h4,7-8,11-12H,3,5-6,9-10,15H2,1-2H3. The number of hydrogen-bond donors (Lipinski definition) is 1. The van der Waals surface area contributed by atoms with Crippen molar-refractivity contribution in [3.05, 3.63) is 24.0 Å². The largest absolute Gasteiger partial charge is 0.370 e. The van der Waals surface area contributed by atoms with E-state index in [0.29, 0.717) is 12.6 Å². The lowest BCUT2D eigenvalue weighted by atomic mass is 9.86. The number of pyridine rings is 1. The fraction of sp³-hybridized carbons (Fsp3) is 0.643. The van der Waals surface area contributed by atoms with Gasteiger partial charge in [-0.25, -0.2) is 0 Å². The van der Waals surface area contributed by atoms with Gasteiger partial charge in [0.1, 0.15) is 0 Å². The Bertz CT molecular complexity index is 364. The summed E-state index contributed by atoms with van der Waals surface area (Å²) in [6.07, 6.45) is 7.12. The minimum absolute atomic E-state index is 0.517. The zero-order chi connectivity index (χ0) is 12.3. The molecule has 1 aromatic rings. The maximum Gasteiger partial charge on any atom is 0.0772 e. The molecule has 2 rings (SSSR count). The molecule has 0 aliphatic heterocycles. The predicted molar refractivity (Wildman–Crippen MR) is 72.0 cm³/mol. The van der Waals surface area contributed by atoms with Crippen LogP contribution >= 0.6 is 0 Å². The van der Waals surface area contributed by atoms with Gasteiger partial charge in [0.15, 0.2) is 0 Å². The molecule has 0 spiro atoms. The van der Waals surface area contributed by atoms with Crippen LogP contribution in [0.2, 0.25) is 0 Å². The van der Waals surface area contributed by atoms with Crippen LogP contribution in [0.1, 0.15) is 38.3 Å². The van der Waals surface area contributed by atoms with Crippen LogP contribution in [0.5, 0.6) is 0 Å². The van der Waals surface area contributed by atoms with Crippen molar-refractivity contribution in [2.24, 2.45) is 11.7 Å². The van der Waals surface area contributed by atoms with Crippen LogP contribution in [0.3, 0.4) is 0 Å². The second kappa shape index (κ2) is 5.50. The van der Waals surface area contributed by atoms with Crippen molar-refractivity contribution in [2.45, 2.75) is 45.2 Å². The van der Waals surface area contributed by atoms with Gasteiger partial charge >= 0.3 is 0 Å². The van der Waals surface area contributed by atoms with E-state index in [9.17, 15) is 0 Å². The Labute approximate surface area is 104 Å². The molecule has 17 heavy (non-hydrogen) atoms. The highest BCUT2D eigenvalue weighted by molar-refractivity contribution is 5.50. The van der Waals surface area contributed by atoms with E-state index in [0.717, 1.165) is 11.6 Å². The van der Waals surface area contributed by atoms with Crippen molar-refractivity contribution in [2.75, 3.05) is 11.9 Å². The van der Waals surface area contributed by atoms with E-state index in [1.807, 2.05) is 12.3 Å². The molecule has 0 radical (unpaired) electrons. The molecule has 3 nitrogen and oxygen atoms in total. The molecule has 3 heteroatoms. The molecular weight excluding hydrogens is 210 g/mol. The molecule has 1 heterocycles. The number of rotatable bonds is 3. The molecule has 1 fully saturated rings. The highest BCUT2D eigenvalue weighted by Gasteiger charge is 2.23. The van der Waals surface area contributed by atoms with Gasteiger partial charge in [0.2, 0.25) is 0 Å². The summed E-state index contributed by atoms with van der Waals surface area (Å²) in [6, 6.07) is 4.78. The molecule has 1 aliphatic carbocycles. The van der Waals surface area contributed by atoms with Crippen LogP contribution in [-0.4, -0.2) is 18.1 Å². The van der Waals surface area contributed by atoms with E-state index in [1.54, 1.807) is 0 Å². The van der Waals surface area contributed by atoms with E-state index in [4.69, 9.17) is 5.73 Å². The third kappa shape index (κ3) is 2.78. The summed E-state index contributed by atoms with van der Waals surface area (Å²) in [5, 5.41) is 0. The second-order valence-electron chi connectivity index (χ2n) is 5.21. The van der Waals surface area contributed by atoms with Crippen LogP contribution < -0.4 is 10.6 Å². The molecule has 0 bridgehead atoms. The van der Waals surface area contributed by atoms with Gasteiger partial charge in [0.05, 0.1) is 11.4 Å². The van der Waals surface area contributed by atoms with Gasteiger partial charge in [0.25, 0.3) is 0 Å². The van der Waals surface area contributed by atoms with Crippen LogP contribution in [0.4, 0.5) is 5.69 Å². The molecule has 2 unspecified atom stereocenters. The first-order valence-electron chi connectivity index (χ1n) is 6.59. The monoisotopic (exact) mass is 233 g/mol. The molecule has 1 aliphatic rings. The Kier molecular flexibility index (Phi) is 4.00. The predicted octanol–water partition coefficient (Wildman–Crippen LogP) is 2.56. The maximum absolute atomic E-state index is 5.76. The summed E-state index contributed by atoms with van der Waals surface area (Å²) in [4.78, 5) is 6.75. The Morgan fingerprint density at radius 1 is 1.47 bits per heavy atom. The van der Waals surface area contributed by atoms with E-state index in [2.05, 4.69) is 29.9 Å². The van der Waals surface area contributed by atoms with Gasteiger partial charge in [-0.3, -0.25) is 4.98 Å². The molecule has 0 saturated heterocycles. The zero-order valence-electron chi connectivity index (χ0n) is 10.9. The van der Waals surface area contributed by atoms with Crippen LogP contribution in [-0.2, 0) is 6.54 Å². The van der Waals surface area contributed by atoms with Crippen molar-refractivity contribution in [3.63, 3.8) is 0 Å². The number of nitrogens with two attached hydrogens (primary N) is 1. The summed E-state index contributed by atoms with van der Waals surface area (Å²) in [5.41, 5.74) is 7.97. The molecule has 0 amide bonds. The SMILES string of the molecule is CC1CCCC(N(C)c2cccnc2CN)C1. The summed E-state index contributed by atoms with van der Waals surface area (Å²) in [6.45, 7) is 2.87. The van der Waals surface area contributed by atoms with Crippen molar-refractivity contribution in [1.29, 1.82) is 0 Å². The Balaban J connectivity index is 2.15. The third-order valence-electron chi connectivity index (χ3n) is 3.90. The molecule has 2 N–H and O–H groups in total. The summed E-state index contributed by atoms with van der Waals surface area (Å²) in [5.74, 6) is 0.842. The quantitative estimate of drug-likeness (QED) is 0.872. The summed E-state index contributed by atoms with van der Waals surface area (Å²) < 4.78 is 0.